The Kier molecular flexibility index (Phi) is 6.41. The normalized spacial score (nSPS) is 20.5. The summed E-state index contributed by atoms with van der Waals surface area (Å²) in [6.07, 6.45) is 3.13. The van der Waals surface area contributed by atoms with Crippen LogP contribution in [0.25, 0.3) is 10.9 Å². The number of methoxy groups -OCH3 is 1. The van der Waals surface area contributed by atoms with Gasteiger partial charge in [-0.3, -0.25) is 9.48 Å². The monoisotopic (exact) mass is 413 g/mol. The number of piperazine rings is 1. The molecule has 1 amide bonds. The molecule has 7 nitrogen and oxygen atoms in total. The number of aryl methyl sites for hydroxylation is 3. The summed E-state index contributed by atoms with van der Waals surface area (Å²) in [5.74, 6) is 0.222. The van der Waals surface area contributed by atoms with Crippen LogP contribution in [0.5, 0.6) is 0 Å². The number of ether oxygens (including phenoxy) is 1. The van der Waals surface area contributed by atoms with Gasteiger partial charge in [-0.15, -0.1) is 0 Å². The van der Waals surface area contributed by atoms with E-state index in [-0.39, 0.29) is 18.0 Å². The molecule has 2 heterocycles. The number of aromatic nitrogens is 2. The number of hydrogen-bond donors (Lipinski definition) is 2. The highest BCUT2D eigenvalue weighted by molar-refractivity contribution is 5.87. The quantitative estimate of drug-likeness (QED) is 0.650. The molecule has 2 atom stereocenters. The molecule has 1 aromatic carbocycles. The van der Waals surface area contributed by atoms with Crippen LogP contribution < -0.4 is 10.6 Å². The summed E-state index contributed by atoms with van der Waals surface area (Å²) in [5.41, 5.74) is 4.64. The number of hydrogen-bond acceptors (Lipinski definition) is 5. The molecule has 164 valence electrons. The second-order valence-corrected chi connectivity index (χ2v) is 8.75. The van der Waals surface area contributed by atoms with Crippen molar-refractivity contribution in [1.29, 1.82) is 0 Å². The first-order chi connectivity index (χ1) is 14.5. The Hall–Kier alpha value is -1.96. The molecule has 2 aromatic rings. The second-order valence-electron chi connectivity index (χ2n) is 8.75. The molecule has 0 radical (unpaired) electrons. The molecule has 0 bridgehead atoms. The van der Waals surface area contributed by atoms with E-state index in [2.05, 4.69) is 53.1 Å². The molecule has 1 aliphatic carbocycles. The van der Waals surface area contributed by atoms with Crippen molar-refractivity contribution in [3.63, 3.8) is 0 Å². The molecule has 1 aromatic heterocycles. The number of carbonyl (C=O) groups is 1. The van der Waals surface area contributed by atoms with Crippen LogP contribution in [-0.2, 0) is 16.1 Å². The maximum absolute atomic E-state index is 13.4. The fraction of sp³-hybridized carbons (Fsp3) is 0.652. The molecule has 0 spiro atoms. The van der Waals surface area contributed by atoms with E-state index in [0.717, 1.165) is 56.7 Å². The maximum atomic E-state index is 13.4. The second kappa shape index (κ2) is 9.04. The van der Waals surface area contributed by atoms with Crippen LogP contribution in [0.4, 0.5) is 0 Å². The first-order valence-electron chi connectivity index (χ1n) is 11.2. The minimum Gasteiger partial charge on any atom is -0.385 e. The Bertz CT molecular complexity index is 899. The Morgan fingerprint density at radius 2 is 2.13 bits per heavy atom. The van der Waals surface area contributed by atoms with Crippen molar-refractivity contribution >= 4 is 16.8 Å². The van der Waals surface area contributed by atoms with Gasteiger partial charge in [-0.2, -0.15) is 5.10 Å². The third-order valence-electron chi connectivity index (χ3n) is 6.40. The van der Waals surface area contributed by atoms with E-state index < -0.39 is 0 Å². The summed E-state index contributed by atoms with van der Waals surface area (Å²) in [6.45, 7) is 10.4. The molecule has 2 N–H and O–H groups in total. The highest BCUT2D eigenvalue weighted by Gasteiger charge is 2.39. The lowest BCUT2D eigenvalue weighted by Crippen LogP contribution is -2.57. The maximum Gasteiger partial charge on any atom is 0.241 e. The largest absolute Gasteiger partial charge is 0.385 e. The third-order valence-corrected chi connectivity index (χ3v) is 6.40. The molecular weight excluding hydrogens is 378 g/mol. The van der Waals surface area contributed by atoms with Gasteiger partial charge in [0.25, 0.3) is 0 Å². The summed E-state index contributed by atoms with van der Waals surface area (Å²) >= 11 is 0. The molecule has 1 saturated heterocycles. The van der Waals surface area contributed by atoms with Crippen molar-refractivity contribution < 1.29 is 9.53 Å². The van der Waals surface area contributed by atoms with Crippen molar-refractivity contribution in [2.75, 3.05) is 33.4 Å². The van der Waals surface area contributed by atoms with Crippen LogP contribution in [0.2, 0.25) is 0 Å². The fourth-order valence-electron chi connectivity index (χ4n) is 4.73. The van der Waals surface area contributed by atoms with Crippen molar-refractivity contribution in [1.82, 2.24) is 25.3 Å². The fourth-order valence-corrected chi connectivity index (χ4v) is 4.73. The molecule has 4 rings (SSSR count). The average molecular weight is 414 g/mol. The van der Waals surface area contributed by atoms with Crippen LogP contribution in [0.3, 0.4) is 0 Å². The van der Waals surface area contributed by atoms with Gasteiger partial charge in [-0.05, 0) is 57.2 Å². The standard InChI is InChI=1S/C23H35N5O2/c1-15-12-18(13-21-22(15)16(2)26-27(21)10-5-11-30-4)17(3)28(19-6-7-19)23(29)20-14-24-8-9-25-20/h12-13,17,19-20,24-25H,5-11,14H2,1-4H3/t17-,20-/m1/s1. The van der Waals surface area contributed by atoms with Gasteiger partial charge in [0.05, 0.1) is 23.3 Å². The molecule has 2 aliphatic rings. The van der Waals surface area contributed by atoms with Crippen molar-refractivity contribution in [3.8, 4) is 0 Å². The van der Waals surface area contributed by atoms with E-state index in [1.807, 2.05) is 0 Å². The minimum absolute atomic E-state index is 0.0412. The van der Waals surface area contributed by atoms with E-state index in [9.17, 15) is 4.79 Å². The predicted molar refractivity (Wildman–Crippen MR) is 119 cm³/mol. The number of rotatable bonds is 8. The van der Waals surface area contributed by atoms with Gasteiger partial charge in [-0.25, -0.2) is 0 Å². The summed E-state index contributed by atoms with van der Waals surface area (Å²) in [6, 6.07) is 4.76. The zero-order valence-electron chi connectivity index (χ0n) is 18.7. The predicted octanol–water partition coefficient (Wildman–Crippen LogP) is 2.30. The highest BCUT2D eigenvalue weighted by atomic mass is 16.5. The van der Waals surface area contributed by atoms with E-state index >= 15 is 0 Å². The van der Waals surface area contributed by atoms with Gasteiger partial charge in [0.1, 0.15) is 0 Å². The first-order valence-corrected chi connectivity index (χ1v) is 11.2. The number of carbonyl (C=O) groups excluding carboxylic acids is 1. The zero-order valence-corrected chi connectivity index (χ0v) is 18.7. The topological polar surface area (TPSA) is 71.4 Å². The van der Waals surface area contributed by atoms with E-state index in [1.165, 1.54) is 16.5 Å². The number of nitrogens with zero attached hydrogens (tertiary/aromatic N) is 3. The van der Waals surface area contributed by atoms with Crippen molar-refractivity contribution in [2.24, 2.45) is 0 Å². The Balaban J connectivity index is 1.64. The van der Waals surface area contributed by atoms with Gasteiger partial charge in [-0.1, -0.05) is 6.07 Å². The minimum atomic E-state index is -0.131. The van der Waals surface area contributed by atoms with Crippen molar-refractivity contribution in [3.05, 3.63) is 29.0 Å². The van der Waals surface area contributed by atoms with Crippen LogP contribution >= 0.6 is 0 Å². The smallest absolute Gasteiger partial charge is 0.241 e. The number of benzene rings is 1. The number of nitrogens with one attached hydrogen (secondary N) is 2. The Morgan fingerprint density at radius 3 is 2.80 bits per heavy atom. The Labute approximate surface area is 179 Å². The van der Waals surface area contributed by atoms with Crippen LogP contribution in [-0.4, -0.2) is 66.0 Å². The molecule has 1 aliphatic heterocycles. The van der Waals surface area contributed by atoms with E-state index in [1.54, 1.807) is 7.11 Å². The highest BCUT2D eigenvalue weighted by Crippen LogP contribution is 2.37. The van der Waals surface area contributed by atoms with Gasteiger partial charge in [0.2, 0.25) is 5.91 Å². The molecule has 1 saturated carbocycles. The van der Waals surface area contributed by atoms with Gasteiger partial charge in [0.15, 0.2) is 0 Å². The van der Waals surface area contributed by atoms with Gasteiger partial charge in [0, 0.05) is 51.3 Å². The summed E-state index contributed by atoms with van der Waals surface area (Å²) in [7, 11) is 1.73. The lowest BCUT2D eigenvalue weighted by Gasteiger charge is -2.35. The first kappa shape index (κ1) is 21.3. The van der Waals surface area contributed by atoms with Crippen LogP contribution in [0, 0.1) is 13.8 Å². The number of amides is 1. The molecule has 2 fully saturated rings. The molecule has 0 unspecified atom stereocenters. The summed E-state index contributed by atoms with van der Waals surface area (Å²) < 4.78 is 7.32. The van der Waals surface area contributed by atoms with Crippen LogP contribution in [0.15, 0.2) is 12.1 Å². The molecule has 30 heavy (non-hydrogen) atoms. The lowest BCUT2D eigenvalue weighted by atomic mass is 9.99. The summed E-state index contributed by atoms with van der Waals surface area (Å²) in [4.78, 5) is 15.5. The van der Waals surface area contributed by atoms with Crippen LogP contribution in [0.1, 0.15) is 49.0 Å². The molecule has 7 heteroatoms. The van der Waals surface area contributed by atoms with Gasteiger partial charge >= 0.3 is 0 Å². The van der Waals surface area contributed by atoms with E-state index in [4.69, 9.17) is 9.84 Å². The zero-order chi connectivity index (χ0) is 21.3. The van der Waals surface area contributed by atoms with Gasteiger partial charge < -0.3 is 20.3 Å². The van der Waals surface area contributed by atoms with E-state index in [0.29, 0.717) is 12.6 Å². The number of fused-ring (bicyclic) bond motifs is 1. The lowest BCUT2D eigenvalue weighted by molar-refractivity contribution is -0.136. The average Bonchev–Trinajstić information content (AvgIpc) is 3.52. The van der Waals surface area contributed by atoms with Crippen molar-refractivity contribution in [2.45, 2.75) is 64.7 Å². The molecular formula is C23H35N5O2. The third kappa shape index (κ3) is 4.24. The SMILES string of the molecule is COCCCn1nc(C)c2c(C)cc([C@@H](C)N(C(=O)[C@H]3CNCCN3)C3CC3)cc21. The Morgan fingerprint density at radius 1 is 1.33 bits per heavy atom. The summed E-state index contributed by atoms with van der Waals surface area (Å²) in [5, 5.41) is 12.7.